The third-order valence-electron chi connectivity index (χ3n) is 3.48. The first-order chi connectivity index (χ1) is 11.5. The highest BCUT2D eigenvalue weighted by molar-refractivity contribution is 5.77. The van der Waals surface area contributed by atoms with E-state index < -0.39 is 66.9 Å². The maximum absolute atomic E-state index is 11.2. The Kier molecular flexibility index (Phi) is 7.18. The van der Waals surface area contributed by atoms with Crippen LogP contribution in [-0.4, -0.2) is 110 Å². The lowest BCUT2D eigenvalue weighted by atomic mass is 9.98. The van der Waals surface area contributed by atoms with E-state index in [0.717, 1.165) is 7.11 Å². The Morgan fingerprint density at radius 3 is 1.80 bits per heavy atom. The topological polar surface area (TPSA) is 221 Å². The molecule has 7 N–H and O–H groups in total. The van der Waals surface area contributed by atoms with Crippen molar-refractivity contribution < 1.29 is 64.3 Å². The van der Waals surface area contributed by atoms with Gasteiger partial charge < -0.3 is 50.0 Å². The van der Waals surface area contributed by atoms with E-state index in [1.807, 2.05) is 0 Å². The number of carbonyl (C=O) groups is 3. The molecule has 1 saturated heterocycles. The quantitative estimate of drug-likeness (QED) is 0.216. The Morgan fingerprint density at radius 1 is 0.960 bits per heavy atom. The summed E-state index contributed by atoms with van der Waals surface area (Å²) >= 11 is 0. The van der Waals surface area contributed by atoms with Crippen LogP contribution in [0.25, 0.3) is 0 Å². The van der Waals surface area contributed by atoms with Gasteiger partial charge in [0.2, 0.25) is 0 Å². The summed E-state index contributed by atoms with van der Waals surface area (Å²) in [6.45, 7) is 0. The maximum atomic E-state index is 11.2. The van der Waals surface area contributed by atoms with E-state index in [4.69, 9.17) is 29.5 Å². The van der Waals surface area contributed by atoms with Crippen molar-refractivity contribution in [2.45, 2.75) is 49.0 Å². The molecule has 144 valence electrons. The molecule has 4 unspecified atom stereocenters. The molecule has 0 spiro atoms. The summed E-state index contributed by atoms with van der Waals surface area (Å²) in [5.74, 6) is -5.54. The Labute approximate surface area is 139 Å². The molecule has 1 aliphatic rings. The molecule has 1 aliphatic heterocycles. The van der Waals surface area contributed by atoms with Crippen molar-refractivity contribution in [3.05, 3.63) is 0 Å². The normalized spacial score (nSPS) is 33.2. The van der Waals surface area contributed by atoms with Crippen LogP contribution in [0.15, 0.2) is 0 Å². The van der Waals surface area contributed by atoms with Gasteiger partial charge >= 0.3 is 17.9 Å². The first-order valence-electron chi connectivity index (χ1n) is 6.77. The lowest BCUT2D eigenvalue weighted by molar-refractivity contribution is -0.318. The van der Waals surface area contributed by atoms with Gasteiger partial charge in [-0.05, 0) is 0 Å². The number of carboxylic acid groups (broad SMARTS) is 3. The van der Waals surface area contributed by atoms with Gasteiger partial charge in [-0.15, -0.1) is 0 Å². The Balaban J connectivity index is 3.08. The fourth-order valence-corrected chi connectivity index (χ4v) is 2.17. The maximum Gasteiger partial charge on any atom is 0.335 e. The molecule has 0 bridgehead atoms. The number of rotatable bonds is 8. The molecule has 13 heteroatoms. The number of hydrogen-bond acceptors (Lipinski definition) is 10. The summed E-state index contributed by atoms with van der Waals surface area (Å²) in [6, 6.07) is 0. The number of carboxylic acids is 3. The molecule has 8 atom stereocenters. The van der Waals surface area contributed by atoms with Crippen LogP contribution < -0.4 is 0 Å². The fraction of sp³-hybridized carbons (Fsp3) is 0.750. The van der Waals surface area contributed by atoms with Crippen LogP contribution in [0.5, 0.6) is 0 Å². The molecule has 0 aromatic carbocycles. The largest absolute Gasteiger partial charge is 0.479 e. The average molecular weight is 370 g/mol. The fourth-order valence-electron chi connectivity index (χ4n) is 2.17. The molecule has 1 heterocycles. The van der Waals surface area contributed by atoms with E-state index in [9.17, 15) is 34.8 Å². The van der Waals surface area contributed by atoms with E-state index >= 15 is 0 Å². The Hall–Kier alpha value is -1.87. The monoisotopic (exact) mass is 370 g/mol. The van der Waals surface area contributed by atoms with Gasteiger partial charge in [0.05, 0.1) is 0 Å². The molecule has 0 aromatic heterocycles. The van der Waals surface area contributed by atoms with Crippen molar-refractivity contribution in [3.63, 3.8) is 0 Å². The molecule has 13 nitrogen and oxygen atoms in total. The van der Waals surface area contributed by atoms with Gasteiger partial charge in [-0.1, -0.05) is 0 Å². The lowest BCUT2D eigenvalue weighted by Gasteiger charge is -2.41. The van der Waals surface area contributed by atoms with Gasteiger partial charge in [-0.2, -0.15) is 0 Å². The van der Waals surface area contributed by atoms with E-state index in [-0.39, 0.29) is 0 Å². The number of ether oxygens (including phenoxy) is 3. The summed E-state index contributed by atoms with van der Waals surface area (Å²) < 4.78 is 14.4. The van der Waals surface area contributed by atoms with Crippen molar-refractivity contribution in [1.29, 1.82) is 0 Å². The Morgan fingerprint density at radius 2 is 1.44 bits per heavy atom. The second-order valence-electron chi connectivity index (χ2n) is 5.11. The average Bonchev–Trinajstić information content (AvgIpc) is 2.54. The Bertz CT molecular complexity index is 487. The van der Waals surface area contributed by atoms with Crippen molar-refractivity contribution >= 4 is 17.9 Å². The molecule has 0 aromatic rings. The van der Waals surface area contributed by atoms with Gasteiger partial charge in [0.25, 0.3) is 0 Å². The van der Waals surface area contributed by atoms with Gasteiger partial charge in [0, 0.05) is 7.11 Å². The molecule has 0 saturated carbocycles. The third kappa shape index (κ3) is 4.60. The SMILES string of the molecule is CO[C@@H]1C(C(=O)O)O[C@@H](OC(C(O)C(=O)O)[C@H](O)C(=O)O)C(O)[C@H]1O. The predicted octanol–water partition coefficient (Wildman–Crippen LogP) is -4.19. The van der Waals surface area contributed by atoms with Gasteiger partial charge in [-0.3, -0.25) is 0 Å². The second kappa shape index (κ2) is 8.48. The van der Waals surface area contributed by atoms with Gasteiger partial charge in [-0.25, -0.2) is 14.4 Å². The molecule has 0 aliphatic carbocycles. The van der Waals surface area contributed by atoms with Gasteiger partial charge in [0.15, 0.2) is 24.6 Å². The summed E-state index contributed by atoms with van der Waals surface area (Å²) in [6.07, 6.45) is -16.8. The molecular weight excluding hydrogens is 352 g/mol. The van der Waals surface area contributed by atoms with E-state index in [0.29, 0.717) is 0 Å². The van der Waals surface area contributed by atoms with E-state index in [1.165, 1.54) is 0 Å². The van der Waals surface area contributed by atoms with Crippen molar-refractivity contribution in [2.24, 2.45) is 0 Å². The molecule has 25 heavy (non-hydrogen) atoms. The first-order valence-corrected chi connectivity index (χ1v) is 6.77. The number of aliphatic hydroxyl groups is 4. The number of aliphatic carboxylic acids is 3. The minimum atomic E-state index is -2.55. The van der Waals surface area contributed by atoms with Crippen molar-refractivity contribution in [3.8, 4) is 0 Å². The van der Waals surface area contributed by atoms with Crippen LogP contribution >= 0.6 is 0 Å². The lowest BCUT2D eigenvalue weighted by Crippen LogP contribution is -2.63. The highest BCUT2D eigenvalue weighted by Gasteiger charge is 2.51. The molecule has 0 radical (unpaired) electrons. The zero-order valence-electron chi connectivity index (χ0n) is 12.7. The second-order valence-corrected chi connectivity index (χ2v) is 5.11. The van der Waals surface area contributed by atoms with E-state index in [1.54, 1.807) is 0 Å². The number of aliphatic hydroxyl groups excluding tert-OH is 4. The summed E-state index contributed by atoms with van der Waals surface area (Å²) in [4.78, 5) is 32.8. The minimum Gasteiger partial charge on any atom is -0.479 e. The van der Waals surface area contributed by atoms with Crippen LogP contribution in [0.3, 0.4) is 0 Å². The van der Waals surface area contributed by atoms with Crippen LogP contribution in [0.4, 0.5) is 0 Å². The van der Waals surface area contributed by atoms with E-state index in [2.05, 4.69) is 0 Å². The third-order valence-corrected chi connectivity index (χ3v) is 3.48. The number of methoxy groups -OCH3 is 1. The summed E-state index contributed by atoms with van der Waals surface area (Å²) in [5.41, 5.74) is 0. The summed E-state index contributed by atoms with van der Waals surface area (Å²) in [5, 5.41) is 65.3. The molecule has 1 rings (SSSR count). The van der Waals surface area contributed by atoms with Gasteiger partial charge in [0.1, 0.15) is 24.4 Å². The molecular formula is C12H18O13. The summed E-state index contributed by atoms with van der Waals surface area (Å²) in [7, 11) is 1.03. The van der Waals surface area contributed by atoms with Crippen LogP contribution in [0.2, 0.25) is 0 Å². The first kappa shape index (κ1) is 21.2. The van der Waals surface area contributed by atoms with Crippen LogP contribution in [-0.2, 0) is 28.6 Å². The molecule has 1 fully saturated rings. The zero-order valence-corrected chi connectivity index (χ0v) is 12.7. The van der Waals surface area contributed by atoms with Crippen LogP contribution in [0, 0.1) is 0 Å². The highest BCUT2D eigenvalue weighted by Crippen LogP contribution is 2.26. The zero-order chi connectivity index (χ0) is 19.5. The smallest absolute Gasteiger partial charge is 0.335 e. The standard InChI is InChI=1S/C12H18O13/c1-23-7-2(13)3(14)12(25-8(7)11(21)22)24-6(4(15)9(17)18)5(16)10(19)20/h2-8,12-16H,1H3,(H,17,18)(H,19,20)(H,21,22)/t2-,3?,4+,5?,6?,7+,8?,12-/m1/s1. The van der Waals surface area contributed by atoms with Crippen molar-refractivity contribution in [2.75, 3.05) is 7.11 Å². The van der Waals surface area contributed by atoms with Crippen LogP contribution in [0.1, 0.15) is 0 Å². The molecule has 0 amide bonds. The number of hydrogen-bond donors (Lipinski definition) is 7. The predicted molar refractivity (Wildman–Crippen MR) is 71.3 cm³/mol. The minimum absolute atomic E-state index is 1.03. The highest BCUT2D eigenvalue weighted by atomic mass is 16.7. The van der Waals surface area contributed by atoms with Crippen molar-refractivity contribution in [1.82, 2.24) is 0 Å².